The lowest BCUT2D eigenvalue weighted by Gasteiger charge is -2.32. The zero-order chi connectivity index (χ0) is 18.7. The Morgan fingerprint density at radius 2 is 1.69 bits per heavy atom. The van der Waals surface area contributed by atoms with Gasteiger partial charge >= 0.3 is 0 Å². The smallest absolute Gasteiger partial charge is 0.240 e. The van der Waals surface area contributed by atoms with E-state index in [1.165, 1.54) is 12.1 Å². The van der Waals surface area contributed by atoms with Crippen LogP contribution in [0.2, 0.25) is 0 Å². The minimum absolute atomic E-state index is 0.119. The molecule has 1 aliphatic heterocycles. The van der Waals surface area contributed by atoms with Gasteiger partial charge in [-0.1, -0.05) is 6.92 Å². The number of nitrogens with zero attached hydrogens (tertiary/aromatic N) is 1. The summed E-state index contributed by atoms with van der Waals surface area (Å²) in [7, 11) is -3.62. The van der Waals surface area contributed by atoms with Crippen molar-refractivity contribution >= 4 is 27.5 Å². The molecule has 0 radical (unpaired) electrons. The van der Waals surface area contributed by atoms with E-state index in [0.717, 1.165) is 12.8 Å². The molecule has 2 amide bonds. The number of sulfonamides is 1. The fourth-order valence-corrected chi connectivity index (χ4v) is 4.37. The third-order valence-electron chi connectivity index (χ3n) is 4.82. The highest BCUT2D eigenvalue weighted by molar-refractivity contribution is 7.89. The first-order valence-electron chi connectivity index (χ1n) is 9.10. The van der Waals surface area contributed by atoms with Gasteiger partial charge in [0.05, 0.1) is 4.90 Å². The van der Waals surface area contributed by atoms with Crippen molar-refractivity contribution in [1.29, 1.82) is 0 Å². The highest BCUT2D eigenvalue weighted by Gasteiger charge is 2.35. The Labute approximate surface area is 154 Å². The molecule has 0 bridgehead atoms. The van der Waals surface area contributed by atoms with E-state index in [-0.39, 0.29) is 28.7 Å². The van der Waals surface area contributed by atoms with Crippen molar-refractivity contribution in [3.8, 4) is 0 Å². The third kappa shape index (κ3) is 4.62. The summed E-state index contributed by atoms with van der Waals surface area (Å²) in [5.41, 5.74) is 0.572. The highest BCUT2D eigenvalue weighted by Crippen LogP contribution is 2.32. The monoisotopic (exact) mass is 379 g/mol. The van der Waals surface area contributed by atoms with Crippen molar-refractivity contribution in [3.63, 3.8) is 0 Å². The van der Waals surface area contributed by atoms with E-state index < -0.39 is 10.0 Å². The average molecular weight is 379 g/mol. The van der Waals surface area contributed by atoms with Crippen LogP contribution in [-0.2, 0) is 19.6 Å². The van der Waals surface area contributed by atoms with Crippen LogP contribution in [0.25, 0.3) is 0 Å². The maximum absolute atomic E-state index is 12.5. The zero-order valence-corrected chi connectivity index (χ0v) is 15.7. The van der Waals surface area contributed by atoms with Crippen LogP contribution >= 0.6 is 0 Å². The lowest BCUT2D eigenvalue weighted by Crippen LogP contribution is -2.46. The van der Waals surface area contributed by atoms with Crippen LogP contribution in [0.15, 0.2) is 29.2 Å². The molecule has 1 aliphatic carbocycles. The quantitative estimate of drug-likeness (QED) is 0.787. The molecule has 1 heterocycles. The number of carbonyl (C=O) groups is 2. The number of benzene rings is 1. The molecule has 0 aromatic heterocycles. The van der Waals surface area contributed by atoms with E-state index >= 15 is 0 Å². The summed E-state index contributed by atoms with van der Waals surface area (Å²) in [6.45, 7) is 2.95. The van der Waals surface area contributed by atoms with Crippen LogP contribution in [0.4, 0.5) is 5.69 Å². The molecule has 1 saturated carbocycles. The van der Waals surface area contributed by atoms with Gasteiger partial charge < -0.3 is 10.2 Å². The molecule has 142 valence electrons. The number of piperidine rings is 1. The summed E-state index contributed by atoms with van der Waals surface area (Å²) in [6, 6.07) is 5.97. The van der Waals surface area contributed by atoms with Gasteiger partial charge in [-0.15, -0.1) is 0 Å². The molecule has 1 saturated heterocycles. The van der Waals surface area contributed by atoms with Gasteiger partial charge in [0.15, 0.2) is 0 Å². The van der Waals surface area contributed by atoms with Gasteiger partial charge in [0, 0.05) is 37.2 Å². The van der Waals surface area contributed by atoms with Crippen LogP contribution in [0, 0.1) is 5.92 Å². The summed E-state index contributed by atoms with van der Waals surface area (Å²) in [5.74, 6) is 0.303. The number of nitrogens with one attached hydrogen (secondary N) is 2. The Hall–Kier alpha value is -1.93. The van der Waals surface area contributed by atoms with E-state index in [1.807, 2.05) is 4.90 Å². The minimum atomic E-state index is -3.62. The van der Waals surface area contributed by atoms with Crippen molar-refractivity contribution < 1.29 is 18.0 Å². The van der Waals surface area contributed by atoms with E-state index in [4.69, 9.17) is 0 Å². The van der Waals surface area contributed by atoms with Gasteiger partial charge in [0.1, 0.15) is 0 Å². The average Bonchev–Trinajstić information content (AvgIpc) is 3.47. The van der Waals surface area contributed by atoms with E-state index in [0.29, 0.717) is 38.0 Å². The number of hydrogen-bond donors (Lipinski definition) is 2. The molecular weight excluding hydrogens is 354 g/mol. The standard InChI is InChI=1S/C18H25N3O4S/c1-2-17(22)19-14-5-7-16(8-6-14)26(24,25)20-15-9-11-21(12-10-15)18(23)13-3-4-13/h5-8,13,15,20H,2-4,9-12H2,1H3,(H,19,22). The molecule has 1 aromatic carbocycles. The van der Waals surface area contributed by atoms with E-state index in [1.54, 1.807) is 19.1 Å². The van der Waals surface area contributed by atoms with Crippen LogP contribution in [-0.4, -0.2) is 44.3 Å². The minimum Gasteiger partial charge on any atom is -0.342 e. The summed E-state index contributed by atoms with van der Waals surface area (Å²) >= 11 is 0. The third-order valence-corrected chi connectivity index (χ3v) is 6.36. The lowest BCUT2D eigenvalue weighted by molar-refractivity contribution is -0.133. The van der Waals surface area contributed by atoms with Crippen LogP contribution in [0.3, 0.4) is 0 Å². The first kappa shape index (κ1) is 18.8. The van der Waals surface area contributed by atoms with Crippen molar-refractivity contribution in [1.82, 2.24) is 9.62 Å². The first-order valence-corrected chi connectivity index (χ1v) is 10.6. The van der Waals surface area contributed by atoms with E-state index in [2.05, 4.69) is 10.0 Å². The molecule has 8 heteroatoms. The molecule has 3 rings (SSSR count). The Morgan fingerprint density at radius 1 is 1.08 bits per heavy atom. The lowest BCUT2D eigenvalue weighted by atomic mass is 10.1. The molecular formula is C18H25N3O4S. The Bertz CT molecular complexity index is 764. The number of anilines is 1. The maximum Gasteiger partial charge on any atom is 0.240 e. The second kappa shape index (κ2) is 7.75. The van der Waals surface area contributed by atoms with Gasteiger partial charge in [-0.2, -0.15) is 0 Å². The normalized spacial score (nSPS) is 18.6. The maximum atomic E-state index is 12.5. The summed E-state index contributed by atoms with van der Waals surface area (Å²) in [4.78, 5) is 25.5. The molecule has 1 aromatic rings. The fourth-order valence-electron chi connectivity index (χ4n) is 3.06. The predicted molar refractivity (Wildman–Crippen MR) is 98.0 cm³/mol. The van der Waals surface area contributed by atoms with Crippen molar-refractivity contribution in [3.05, 3.63) is 24.3 Å². The van der Waals surface area contributed by atoms with Gasteiger partial charge in [0.25, 0.3) is 0 Å². The van der Waals surface area contributed by atoms with Gasteiger partial charge in [-0.05, 0) is 49.9 Å². The van der Waals surface area contributed by atoms with Crippen LogP contribution < -0.4 is 10.0 Å². The van der Waals surface area contributed by atoms with Gasteiger partial charge in [-0.25, -0.2) is 13.1 Å². The SMILES string of the molecule is CCC(=O)Nc1ccc(S(=O)(=O)NC2CCN(C(=O)C3CC3)CC2)cc1. The Kier molecular flexibility index (Phi) is 5.62. The molecule has 0 unspecified atom stereocenters. The summed E-state index contributed by atoms with van der Waals surface area (Å²) < 4.78 is 27.8. The first-order chi connectivity index (χ1) is 12.4. The number of amides is 2. The van der Waals surface area contributed by atoms with Gasteiger partial charge in [0.2, 0.25) is 21.8 Å². The Morgan fingerprint density at radius 3 is 2.23 bits per heavy atom. The number of hydrogen-bond acceptors (Lipinski definition) is 4. The largest absolute Gasteiger partial charge is 0.342 e. The van der Waals surface area contributed by atoms with Crippen molar-refractivity contribution in [2.24, 2.45) is 5.92 Å². The predicted octanol–water partition coefficient (Wildman–Crippen LogP) is 1.71. The fraction of sp³-hybridized carbons (Fsp3) is 0.556. The van der Waals surface area contributed by atoms with Crippen molar-refractivity contribution in [2.45, 2.75) is 50.0 Å². The topological polar surface area (TPSA) is 95.6 Å². The van der Waals surface area contributed by atoms with Gasteiger partial charge in [-0.3, -0.25) is 9.59 Å². The summed E-state index contributed by atoms with van der Waals surface area (Å²) in [6.07, 6.45) is 3.59. The van der Waals surface area contributed by atoms with Crippen LogP contribution in [0.1, 0.15) is 39.0 Å². The second-order valence-electron chi connectivity index (χ2n) is 6.92. The molecule has 0 atom stereocenters. The highest BCUT2D eigenvalue weighted by atomic mass is 32.2. The molecule has 26 heavy (non-hydrogen) atoms. The number of likely N-dealkylation sites (tertiary alicyclic amines) is 1. The zero-order valence-electron chi connectivity index (χ0n) is 14.9. The van der Waals surface area contributed by atoms with Crippen molar-refractivity contribution in [2.75, 3.05) is 18.4 Å². The van der Waals surface area contributed by atoms with Crippen LogP contribution in [0.5, 0.6) is 0 Å². The number of carbonyl (C=O) groups excluding carboxylic acids is 2. The molecule has 2 fully saturated rings. The molecule has 2 N–H and O–H groups in total. The Balaban J connectivity index is 1.55. The number of rotatable bonds is 6. The molecule has 0 spiro atoms. The second-order valence-corrected chi connectivity index (χ2v) is 8.64. The molecule has 7 nitrogen and oxygen atoms in total. The molecule has 2 aliphatic rings. The van der Waals surface area contributed by atoms with E-state index in [9.17, 15) is 18.0 Å². The summed E-state index contributed by atoms with van der Waals surface area (Å²) in [5, 5.41) is 2.69.